The van der Waals surface area contributed by atoms with E-state index in [4.69, 9.17) is 5.73 Å². The minimum Gasteiger partial charge on any atom is -0.370 e. The molecule has 0 bridgehead atoms. The molecule has 0 atom stereocenters. The van der Waals surface area contributed by atoms with Crippen LogP contribution in [0.4, 0.5) is 5.69 Å². The fraction of sp³-hybridized carbons (Fsp3) is 0.650. The molecule has 7 heteroatoms. The van der Waals surface area contributed by atoms with E-state index >= 15 is 0 Å². The summed E-state index contributed by atoms with van der Waals surface area (Å²) in [6.07, 6.45) is 2.33. The first-order chi connectivity index (χ1) is 12.7. The molecular weight excluding hydrogens is 469 g/mol. The minimum atomic E-state index is 0. The zero-order valence-electron chi connectivity index (χ0n) is 16.5. The lowest BCUT2D eigenvalue weighted by molar-refractivity contribution is 0.253. The highest BCUT2D eigenvalue weighted by atomic mass is 127. The van der Waals surface area contributed by atoms with E-state index in [9.17, 15) is 0 Å². The molecule has 2 fully saturated rings. The van der Waals surface area contributed by atoms with Crippen LogP contribution in [0.5, 0.6) is 0 Å². The molecule has 0 unspecified atom stereocenters. The number of unbranched alkanes of at least 4 members (excludes halogenated alkanes) is 1. The van der Waals surface area contributed by atoms with Crippen molar-refractivity contribution in [3.8, 4) is 0 Å². The van der Waals surface area contributed by atoms with Crippen molar-refractivity contribution in [1.29, 1.82) is 0 Å². The largest absolute Gasteiger partial charge is 0.370 e. The van der Waals surface area contributed by atoms with Gasteiger partial charge in [0, 0.05) is 63.0 Å². The van der Waals surface area contributed by atoms with Gasteiger partial charge in [-0.05, 0) is 44.0 Å². The minimum absolute atomic E-state index is 0. The summed E-state index contributed by atoms with van der Waals surface area (Å²) < 4.78 is 0. The summed E-state index contributed by atoms with van der Waals surface area (Å²) in [5.74, 6) is 3.09. The Bertz CT molecular complexity index is 583. The Morgan fingerprint density at radius 1 is 1.07 bits per heavy atom. The van der Waals surface area contributed by atoms with Crippen LogP contribution in [0.2, 0.25) is 0 Å². The van der Waals surface area contributed by atoms with Crippen molar-refractivity contribution in [2.75, 3.05) is 68.8 Å². The molecule has 1 aromatic rings. The van der Waals surface area contributed by atoms with Gasteiger partial charge in [-0.3, -0.25) is 9.89 Å². The summed E-state index contributed by atoms with van der Waals surface area (Å²) in [6.45, 7) is 10.9. The van der Waals surface area contributed by atoms with E-state index in [1.54, 1.807) is 0 Å². The van der Waals surface area contributed by atoms with Crippen LogP contribution in [-0.4, -0.2) is 79.6 Å². The van der Waals surface area contributed by atoms with Gasteiger partial charge in [-0.1, -0.05) is 12.1 Å². The number of anilines is 1. The first-order valence-electron chi connectivity index (χ1n) is 9.89. The lowest BCUT2D eigenvalue weighted by Gasteiger charge is -2.36. The molecule has 5 nitrogen and oxygen atoms in total. The second-order valence-electron chi connectivity index (χ2n) is 7.21. The van der Waals surface area contributed by atoms with Crippen LogP contribution >= 0.6 is 35.7 Å². The fourth-order valence-corrected chi connectivity index (χ4v) is 4.49. The van der Waals surface area contributed by atoms with E-state index in [0.717, 1.165) is 58.2 Å². The van der Waals surface area contributed by atoms with Crippen LogP contribution < -0.4 is 10.6 Å². The molecule has 2 saturated heterocycles. The van der Waals surface area contributed by atoms with E-state index in [-0.39, 0.29) is 24.0 Å². The van der Waals surface area contributed by atoms with Gasteiger partial charge in [0.05, 0.1) is 0 Å². The maximum absolute atomic E-state index is 6.11. The standard InChI is InChI=1S/C20H33N5S.HI/c1-18-5-4-6-19(17-18)24-11-9-23(10-12-24)8-3-2-7-22-20(21)25-13-15-26-16-14-25;/h4-6,17H,2-3,7-16H2,1H3,(H2,21,22);1H. The number of aliphatic imine (C=N–C) groups is 1. The molecule has 3 rings (SSSR count). The molecule has 2 heterocycles. The van der Waals surface area contributed by atoms with Crippen molar-refractivity contribution in [1.82, 2.24) is 9.80 Å². The number of nitrogens with two attached hydrogens (primary N) is 1. The van der Waals surface area contributed by atoms with Crippen molar-refractivity contribution >= 4 is 47.4 Å². The van der Waals surface area contributed by atoms with Crippen molar-refractivity contribution < 1.29 is 0 Å². The average molecular weight is 503 g/mol. The third-order valence-electron chi connectivity index (χ3n) is 5.23. The Morgan fingerprint density at radius 2 is 1.81 bits per heavy atom. The molecule has 0 spiro atoms. The fourth-order valence-electron chi connectivity index (χ4n) is 3.59. The van der Waals surface area contributed by atoms with Crippen LogP contribution in [0.1, 0.15) is 18.4 Å². The highest BCUT2D eigenvalue weighted by Gasteiger charge is 2.16. The maximum atomic E-state index is 6.11. The molecule has 0 aliphatic carbocycles. The van der Waals surface area contributed by atoms with Gasteiger partial charge in [0.15, 0.2) is 5.96 Å². The number of aryl methyl sites for hydroxylation is 1. The molecule has 0 radical (unpaired) electrons. The molecule has 152 valence electrons. The third kappa shape index (κ3) is 7.34. The highest BCUT2D eigenvalue weighted by Crippen LogP contribution is 2.18. The highest BCUT2D eigenvalue weighted by molar-refractivity contribution is 14.0. The number of hydrogen-bond acceptors (Lipinski definition) is 4. The number of guanidine groups is 1. The third-order valence-corrected chi connectivity index (χ3v) is 6.17. The number of benzene rings is 1. The summed E-state index contributed by atoms with van der Waals surface area (Å²) in [5.41, 5.74) is 8.81. The maximum Gasteiger partial charge on any atom is 0.191 e. The predicted octanol–water partition coefficient (Wildman–Crippen LogP) is 2.88. The van der Waals surface area contributed by atoms with Gasteiger partial charge in [-0.15, -0.1) is 24.0 Å². The molecular formula is C20H34IN5S. The molecule has 0 saturated carbocycles. The summed E-state index contributed by atoms with van der Waals surface area (Å²) in [4.78, 5) is 11.9. The quantitative estimate of drug-likeness (QED) is 0.280. The summed E-state index contributed by atoms with van der Waals surface area (Å²) in [5, 5.41) is 0. The summed E-state index contributed by atoms with van der Waals surface area (Å²) in [6, 6.07) is 8.84. The summed E-state index contributed by atoms with van der Waals surface area (Å²) in [7, 11) is 0. The number of rotatable bonds is 6. The van der Waals surface area contributed by atoms with Gasteiger partial charge in [-0.25, -0.2) is 0 Å². The van der Waals surface area contributed by atoms with Gasteiger partial charge in [0.1, 0.15) is 0 Å². The van der Waals surface area contributed by atoms with Crippen molar-refractivity contribution in [2.24, 2.45) is 10.7 Å². The smallest absolute Gasteiger partial charge is 0.191 e. The molecule has 2 N–H and O–H groups in total. The van der Waals surface area contributed by atoms with Gasteiger partial charge in [0.2, 0.25) is 0 Å². The van der Waals surface area contributed by atoms with Gasteiger partial charge in [-0.2, -0.15) is 11.8 Å². The van der Waals surface area contributed by atoms with Crippen molar-refractivity contribution in [3.63, 3.8) is 0 Å². The molecule has 27 heavy (non-hydrogen) atoms. The number of thioether (sulfide) groups is 1. The first kappa shape index (κ1) is 22.6. The molecule has 2 aliphatic heterocycles. The van der Waals surface area contributed by atoms with E-state index < -0.39 is 0 Å². The zero-order valence-corrected chi connectivity index (χ0v) is 19.6. The van der Waals surface area contributed by atoms with Gasteiger partial charge < -0.3 is 15.5 Å². The molecule has 0 amide bonds. The Labute approximate surface area is 185 Å². The monoisotopic (exact) mass is 503 g/mol. The lowest BCUT2D eigenvalue weighted by Crippen LogP contribution is -2.46. The topological polar surface area (TPSA) is 48.1 Å². The van der Waals surface area contributed by atoms with Crippen LogP contribution in [0.25, 0.3) is 0 Å². The Morgan fingerprint density at radius 3 is 2.52 bits per heavy atom. The number of piperazine rings is 1. The second-order valence-corrected chi connectivity index (χ2v) is 8.44. The predicted molar refractivity (Wildman–Crippen MR) is 130 cm³/mol. The van der Waals surface area contributed by atoms with Gasteiger partial charge >= 0.3 is 0 Å². The van der Waals surface area contributed by atoms with Crippen LogP contribution in [0, 0.1) is 6.92 Å². The van der Waals surface area contributed by atoms with Crippen molar-refractivity contribution in [3.05, 3.63) is 29.8 Å². The SMILES string of the molecule is Cc1cccc(N2CCN(CCCCN=C(N)N3CCSCC3)CC2)c1.I. The lowest BCUT2D eigenvalue weighted by atomic mass is 10.2. The van der Waals surface area contributed by atoms with Gasteiger partial charge in [0.25, 0.3) is 0 Å². The second kappa shape index (κ2) is 12.0. The zero-order chi connectivity index (χ0) is 18.2. The van der Waals surface area contributed by atoms with Crippen LogP contribution in [0.15, 0.2) is 29.3 Å². The van der Waals surface area contributed by atoms with E-state index in [2.05, 4.69) is 50.9 Å². The average Bonchev–Trinajstić information content (AvgIpc) is 2.69. The Balaban J connectivity index is 0.00000261. The number of halogens is 1. The van der Waals surface area contributed by atoms with E-state index in [0.29, 0.717) is 0 Å². The molecule has 1 aromatic carbocycles. The number of hydrogen-bond donors (Lipinski definition) is 1. The Kier molecular flexibility index (Phi) is 10.1. The summed E-state index contributed by atoms with van der Waals surface area (Å²) >= 11 is 2.00. The molecule has 2 aliphatic rings. The van der Waals surface area contributed by atoms with Crippen LogP contribution in [0.3, 0.4) is 0 Å². The number of nitrogens with zero attached hydrogens (tertiary/aromatic N) is 4. The van der Waals surface area contributed by atoms with E-state index in [1.807, 2.05) is 11.8 Å². The van der Waals surface area contributed by atoms with E-state index in [1.165, 1.54) is 35.7 Å². The Hall–Kier alpha value is -0.670. The van der Waals surface area contributed by atoms with Crippen molar-refractivity contribution in [2.45, 2.75) is 19.8 Å². The first-order valence-corrected chi connectivity index (χ1v) is 11.0. The van der Waals surface area contributed by atoms with Crippen LogP contribution in [-0.2, 0) is 0 Å². The molecule has 0 aromatic heterocycles. The normalized spacial score (nSPS) is 19.1.